The molecule has 1 aliphatic rings. The quantitative estimate of drug-likeness (QED) is 0.662. The molecule has 0 amide bonds. The van der Waals surface area contributed by atoms with Crippen molar-refractivity contribution in [3.05, 3.63) is 0 Å². The third-order valence-corrected chi connectivity index (χ3v) is 2.85. The summed E-state index contributed by atoms with van der Waals surface area (Å²) in [5.41, 5.74) is 0. The fourth-order valence-electron chi connectivity index (χ4n) is 2.00. The number of carbonyl (C=O) groups is 1. The molecule has 88 valence electrons. The maximum Gasteiger partial charge on any atom is 0.319 e. The lowest BCUT2D eigenvalue weighted by Gasteiger charge is -2.27. The van der Waals surface area contributed by atoms with Crippen molar-refractivity contribution in [2.75, 3.05) is 19.7 Å². The highest BCUT2D eigenvalue weighted by atomic mass is 16.5. The van der Waals surface area contributed by atoms with Crippen molar-refractivity contribution >= 4 is 5.97 Å². The number of hydrogen-bond acceptors (Lipinski definition) is 4. The molecule has 1 rings (SSSR count). The number of rotatable bonds is 5. The highest BCUT2D eigenvalue weighted by Gasteiger charge is 2.22. The van der Waals surface area contributed by atoms with E-state index in [0.29, 0.717) is 19.1 Å². The summed E-state index contributed by atoms with van der Waals surface area (Å²) in [6.07, 6.45) is 4.05. The molecule has 1 fully saturated rings. The number of aliphatic hydroxyl groups excluding tert-OH is 1. The number of nitrogens with one attached hydrogen (secondary N) is 1. The molecular weight excluding hydrogens is 194 g/mol. The topological polar surface area (TPSA) is 58.6 Å². The molecule has 0 saturated heterocycles. The normalized spacial score (nSPS) is 26.3. The maximum absolute atomic E-state index is 11.0. The van der Waals surface area contributed by atoms with Crippen molar-refractivity contribution in [2.45, 2.75) is 38.7 Å². The monoisotopic (exact) mass is 215 g/mol. The Labute approximate surface area is 91.0 Å². The second-order valence-electron chi connectivity index (χ2n) is 4.05. The lowest BCUT2D eigenvalue weighted by Crippen LogP contribution is -2.36. The van der Waals surface area contributed by atoms with Crippen LogP contribution in [0.4, 0.5) is 0 Å². The third-order valence-electron chi connectivity index (χ3n) is 2.85. The standard InChI is InChI=1S/C11H21NO3/c1-2-15-11(14)8-12-7-9-5-3-4-6-10(9)13/h9-10,12-13H,2-8H2,1H3. The number of carbonyl (C=O) groups excluding carboxylic acids is 1. The molecule has 2 unspecified atom stereocenters. The van der Waals surface area contributed by atoms with E-state index in [2.05, 4.69) is 5.32 Å². The van der Waals surface area contributed by atoms with Crippen LogP contribution in [0, 0.1) is 5.92 Å². The maximum atomic E-state index is 11.0. The Kier molecular flexibility index (Phi) is 5.65. The lowest BCUT2D eigenvalue weighted by molar-refractivity contribution is -0.142. The van der Waals surface area contributed by atoms with E-state index in [1.807, 2.05) is 0 Å². The van der Waals surface area contributed by atoms with Gasteiger partial charge in [-0.1, -0.05) is 12.8 Å². The average Bonchev–Trinajstić information content (AvgIpc) is 2.21. The van der Waals surface area contributed by atoms with E-state index in [0.717, 1.165) is 19.3 Å². The Morgan fingerprint density at radius 2 is 2.20 bits per heavy atom. The number of ether oxygens (including phenoxy) is 1. The minimum Gasteiger partial charge on any atom is -0.465 e. The molecular formula is C11H21NO3. The molecule has 15 heavy (non-hydrogen) atoms. The lowest BCUT2D eigenvalue weighted by atomic mass is 9.86. The van der Waals surface area contributed by atoms with Crippen molar-refractivity contribution in [3.8, 4) is 0 Å². The Bertz CT molecular complexity index is 196. The van der Waals surface area contributed by atoms with Crippen LogP contribution in [-0.4, -0.2) is 36.9 Å². The van der Waals surface area contributed by atoms with E-state index in [-0.39, 0.29) is 18.6 Å². The van der Waals surface area contributed by atoms with Crippen LogP contribution in [0.2, 0.25) is 0 Å². The van der Waals surface area contributed by atoms with E-state index in [9.17, 15) is 9.90 Å². The summed E-state index contributed by atoms with van der Waals surface area (Å²) in [4.78, 5) is 11.0. The van der Waals surface area contributed by atoms with Gasteiger partial charge in [-0.3, -0.25) is 4.79 Å². The molecule has 0 radical (unpaired) electrons. The van der Waals surface area contributed by atoms with Gasteiger partial charge in [-0.05, 0) is 25.7 Å². The van der Waals surface area contributed by atoms with Gasteiger partial charge in [0, 0.05) is 6.54 Å². The second kappa shape index (κ2) is 6.80. The van der Waals surface area contributed by atoms with Gasteiger partial charge < -0.3 is 15.2 Å². The summed E-state index contributed by atoms with van der Waals surface area (Å²) in [5.74, 6) is 0.0796. The fraction of sp³-hybridized carbons (Fsp3) is 0.909. The SMILES string of the molecule is CCOC(=O)CNCC1CCCCC1O. The van der Waals surface area contributed by atoms with Gasteiger partial charge in [0.1, 0.15) is 0 Å². The zero-order chi connectivity index (χ0) is 11.1. The van der Waals surface area contributed by atoms with Crippen molar-refractivity contribution in [3.63, 3.8) is 0 Å². The molecule has 0 heterocycles. The van der Waals surface area contributed by atoms with E-state index in [1.165, 1.54) is 6.42 Å². The summed E-state index contributed by atoms with van der Waals surface area (Å²) in [7, 11) is 0. The third kappa shape index (κ3) is 4.62. The molecule has 4 heteroatoms. The number of aliphatic hydroxyl groups is 1. The van der Waals surface area contributed by atoms with Crippen LogP contribution in [0.3, 0.4) is 0 Å². The molecule has 0 aromatic rings. The molecule has 1 saturated carbocycles. The van der Waals surface area contributed by atoms with Crippen molar-refractivity contribution in [2.24, 2.45) is 5.92 Å². The highest BCUT2D eigenvalue weighted by molar-refractivity contribution is 5.71. The number of esters is 1. The summed E-state index contributed by atoms with van der Waals surface area (Å²) in [5, 5.41) is 12.7. The van der Waals surface area contributed by atoms with Gasteiger partial charge in [0.25, 0.3) is 0 Å². The van der Waals surface area contributed by atoms with Crippen molar-refractivity contribution < 1.29 is 14.6 Å². The van der Waals surface area contributed by atoms with Crippen LogP contribution in [0.15, 0.2) is 0 Å². The molecule has 0 aromatic heterocycles. The smallest absolute Gasteiger partial charge is 0.319 e. The summed E-state index contributed by atoms with van der Waals surface area (Å²) in [6, 6.07) is 0. The first-order chi connectivity index (χ1) is 7.24. The van der Waals surface area contributed by atoms with E-state index in [1.54, 1.807) is 6.92 Å². The molecule has 4 nitrogen and oxygen atoms in total. The molecule has 0 aromatic carbocycles. The minimum atomic E-state index is -0.220. The molecule has 1 aliphatic carbocycles. The van der Waals surface area contributed by atoms with Crippen LogP contribution in [0.1, 0.15) is 32.6 Å². The van der Waals surface area contributed by atoms with Gasteiger partial charge in [0.2, 0.25) is 0 Å². The zero-order valence-corrected chi connectivity index (χ0v) is 9.37. The van der Waals surface area contributed by atoms with Gasteiger partial charge in [-0.25, -0.2) is 0 Å². The Morgan fingerprint density at radius 1 is 1.47 bits per heavy atom. The fourth-order valence-corrected chi connectivity index (χ4v) is 2.00. The van der Waals surface area contributed by atoms with Crippen LogP contribution >= 0.6 is 0 Å². The van der Waals surface area contributed by atoms with Crippen LogP contribution in [-0.2, 0) is 9.53 Å². The van der Waals surface area contributed by atoms with Crippen LogP contribution < -0.4 is 5.32 Å². The van der Waals surface area contributed by atoms with Gasteiger partial charge in [0.05, 0.1) is 19.3 Å². The van der Waals surface area contributed by atoms with Gasteiger partial charge >= 0.3 is 5.97 Å². The van der Waals surface area contributed by atoms with Gasteiger partial charge in [-0.15, -0.1) is 0 Å². The van der Waals surface area contributed by atoms with E-state index in [4.69, 9.17) is 4.74 Å². The average molecular weight is 215 g/mol. The first kappa shape index (κ1) is 12.5. The first-order valence-corrected chi connectivity index (χ1v) is 5.78. The van der Waals surface area contributed by atoms with E-state index >= 15 is 0 Å². The van der Waals surface area contributed by atoms with Gasteiger partial charge in [-0.2, -0.15) is 0 Å². The zero-order valence-electron chi connectivity index (χ0n) is 9.37. The Balaban J connectivity index is 2.10. The van der Waals surface area contributed by atoms with Crippen molar-refractivity contribution in [1.82, 2.24) is 5.32 Å². The van der Waals surface area contributed by atoms with Crippen LogP contribution in [0.25, 0.3) is 0 Å². The molecule has 0 aliphatic heterocycles. The van der Waals surface area contributed by atoms with Crippen molar-refractivity contribution in [1.29, 1.82) is 0 Å². The summed E-state index contributed by atoms with van der Waals surface area (Å²) >= 11 is 0. The minimum absolute atomic E-state index is 0.201. The highest BCUT2D eigenvalue weighted by Crippen LogP contribution is 2.23. The van der Waals surface area contributed by atoms with E-state index < -0.39 is 0 Å². The predicted molar refractivity (Wildman–Crippen MR) is 57.5 cm³/mol. The molecule has 2 atom stereocenters. The number of hydrogen-bond donors (Lipinski definition) is 2. The summed E-state index contributed by atoms with van der Waals surface area (Å²) < 4.78 is 4.79. The molecule has 0 spiro atoms. The Hall–Kier alpha value is -0.610. The predicted octanol–water partition coefficient (Wildman–Crippen LogP) is 0.690. The van der Waals surface area contributed by atoms with Crippen LogP contribution in [0.5, 0.6) is 0 Å². The largest absolute Gasteiger partial charge is 0.465 e. The molecule has 2 N–H and O–H groups in total. The first-order valence-electron chi connectivity index (χ1n) is 5.78. The van der Waals surface area contributed by atoms with Gasteiger partial charge in [0.15, 0.2) is 0 Å². The Morgan fingerprint density at radius 3 is 2.87 bits per heavy atom. The molecule has 0 bridgehead atoms. The summed E-state index contributed by atoms with van der Waals surface area (Å²) in [6.45, 7) is 3.17. The second-order valence-corrected chi connectivity index (χ2v) is 4.05.